The quantitative estimate of drug-likeness (QED) is 0.162. The topological polar surface area (TPSA) is 98.3 Å². The lowest BCUT2D eigenvalue weighted by Gasteiger charge is -2.23. The number of non-ortho nitro benzene ring substituents is 1. The molecule has 0 spiro atoms. The van der Waals surface area contributed by atoms with Crippen molar-refractivity contribution in [1.82, 2.24) is 0 Å². The predicted molar refractivity (Wildman–Crippen MR) is 102 cm³/mol. The molecule has 0 aromatic heterocycles. The standard InChI is InChI=1S/C15H3BrCl2F9N3O4/c16-8-6(14(22,23)24)7(15(25,26)27)9(17)10(18)12(8)28-11-4(13(19,20)21)1-3(29(31)32)2-5(11)30(33)34/h1-2,28H. The lowest BCUT2D eigenvalue weighted by Crippen LogP contribution is -2.19. The van der Waals surface area contributed by atoms with E-state index in [-0.39, 0.29) is 12.1 Å². The van der Waals surface area contributed by atoms with Gasteiger partial charge in [0.05, 0.1) is 52.8 Å². The van der Waals surface area contributed by atoms with Crippen LogP contribution in [0, 0.1) is 20.2 Å². The van der Waals surface area contributed by atoms with Gasteiger partial charge in [0.1, 0.15) is 5.69 Å². The van der Waals surface area contributed by atoms with Crippen molar-refractivity contribution in [3.05, 3.63) is 63.6 Å². The first-order valence-electron chi connectivity index (χ1n) is 7.85. The number of benzene rings is 2. The molecule has 0 saturated heterocycles. The van der Waals surface area contributed by atoms with Crippen LogP contribution in [0.15, 0.2) is 16.6 Å². The van der Waals surface area contributed by atoms with E-state index in [9.17, 15) is 59.7 Å². The minimum atomic E-state index is -5.79. The van der Waals surface area contributed by atoms with E-state index in [0.717, 1.165) is 0 Å². The first-order valence-corrected chi connectivity index (χ1v) is 9.40. The summed E-state index contributed by atoms with van der Waals surface area (Å²) in [6.45, 7) is 0. The Hall–Kier alpha value is -2.53. The Balaban J connectivity index is 3.01. The fourth-order valence-electron chi connectivity index (χ4n) is 2.64. The predicted octanol–water partition coefficient (Wildman–Crippen LogP) is 8.37. The third-order valence-corrected chi connectivity index (χ3v) is 5.60. The van der Waals surface area contributed by atoms with E-state index in [0.29, 0.717) is 0 Å². The Bertz CT molecular complexity index is 1200. The number of hydrogen-bond acceptors (Lipinski definition) is 5. The van der Waals surface area contributed by atoms with Crippen LogP contribution in [0.2, 0.25) is 10.0 Å². The summed E-state index contributed by atoms with van der Waals surface area (Å²) in [6.07, 6.45) is -17.1. The van der Waals surface area contributed by atoms with Crippen LogP contribution in [-0.2, 0) is 18.5 Å². The van der Waals surface area contributed by atoms with Gasteiger partial charge < -0.3 is 5.32 Å². The van der Waals surface area contributed by atoms with Crippen molar-refractivity contribution < 1.29 is 49.4 Å². The Morgan fingerprint density at radius 2 is 1.26 bits per heavy atom. The zero-order valence-electron chi connectivity index (χ0n) is 15.2. The maximum absolute atomic E-state index is 13.5. The third kappa shape index (κ3) is 5.25. The molecule has 0 radical (unpaired) electrons. The maximum atomic E-state index is 13.5. The molecule has 0 aliphatic carbocycles. The van der Waals surface area contributed by atoms with E-state index in [2.05, 4.69) is 15.9 Å². The van der Waals surface area contributed by atoms with Crippen molar-refractivity contribution in [2.24, 2.45) is 0 Å². The SMILES string of the molecule is O=[N+]([O-])c1cc([N+](=O)[O-])c(Nc2c(Cl)c(Cl)c(C(F)(F)F)c(C(F)(F)F)c2Br)c(C(F)(F)F)c1. The highest BCUT2D eigenvalue weighted by Crippen LogP contribution is 2.54. The van der Waals surface area contributed by atoms with Gasteiger partial charge in [-0.1, -0.05) is 23.2 Å². The summed E-state index contributed by atoms with van der Waals surface area (Å²) in [4.78, 5) is 19.2. The van der Waals surface area contributed by atoms with Crippen molar-refractivity contribution in [3.63, 3.8) is 0 Å². The van der Waals surface area contributed by atoms with Gasteiger partial charge in [-0.15, -0.1) is 0 Å². The van der Waals surface area contributed by atoms with Crippen LogP contribution >= 0.6 is 39.1 Å². The van der Waals surface area contributed by atoms with Gasteiger partial charge in [-0.3, -0.25) is 20.2 Å². The second kappa shape index (κ2) is 8.92. The second-order valence-corrected chi connectivity index (χ2v) is 7.64. The van der Waals surface area contributed by atoms with Gasteiger partial charge in [-0.2, -0.15) is 39.5 Å². The van der Waals surface area contributed by atoms with Gasteiger partial charge in [0.15, 0.2) is 0 Å². The molecule has 0 aliphatic rings. The fraction of sp³-hybridized carbons (Fsp3) is 0.200. The number of rotatable bonds is 4. The van der Waals surface area contributed by atoms with Crippen LogP contribution < -0.4 is 5.32 Å². The smallest absolute Gasteiger partial charge is 0.347 e. The van der Waals surface area contributed by atoms with Gasteiger partial charge in [0, 0.05) is 6.07 Å². The van der Waals surface area contributed by atoms with Crippen molar-refractivity contribution in [2.75, 3.05) is 5.32 Å². The summed E-state index contributed by atoms with van der Waals surface area (Å²) < 4.78 is 119. The molecule has 0 amide bonds. The summed E-state index contributed by atoms with van der Waals surface area (Å²) in [6, 6.07) is -0.122. The largest absolute Gasteiger partial charge is 0.418 e. The van der Waals surface area contributed by atoms with Crippen molar-refractivity contribution >= 4 is 61.9 Å². The number of alkyl halides is 9. The molecule has 2 aromatic carbocycles. The zero-order valence-corrected chi connectivity index (χ0v) is 18.3. The highest BCUT2D eigenvalue weighted by atomic mass is 79.9. The van der Waals surface area contributed by atoms with Crippen LogP contribution in [0.5, 0.6) is 0 Å². The Morgan fingerprint density at radius 3 is 1.65 bits per heavy atom. The molecule has 19 heteroatoms. The molecule has 0 aliphatic heterocycles. The molecule has 7 nitrogen and oxygen atoms in total. The van der Waals surface area contributed by atoms with Gasteiger partial charge in [0.25, 0.3) is 11.4 Å². The molecular formula is C15H3BrCl2F9N3O4. The van der Waals surface area contributed by atoms with Crippen LogP contribution in [0.25, 0.3) is 0 Å². The summed E-state index contributed by atoms with van der Waals surface area (Å²) >= 11 is 13.2. The first-order chi connectivity index (χ1) is 15.2. The van der Waals surface area contributed by atoms with Crippen LogP contribution in [0.4, 0.5) is 62.3 Å². The molecule has 2 aromatic rings. The van der Waals surface area contributed by atoms with Crippen molar-refractivity contribution in [2.45, 2.75) is 18.5 Å². The fourth-order valence-corrected chi connectivity index (χ4v) is 4.01. The van der Waals surface area contributed by atoms with Crippen LogP contribution in [-0.4, -0.2) is 9.85 Å². The summed E-state index contributed by atoms with van der Waals surface area (Å²) in [5.41, 5.74) is -13.1. The van der Waals surface area contributed by atoms with E-state index >= 15 is 0 Å². The molecule has 0 bridgehead atoms. The van der Waals surface area contributed by atoms with E-state index in [4.69, 9.17) is 23.2 Å². The number of hydrogen-bond donors (Lipinski definition) is 1. The molecular weight excluding hydrogens is 608 g/mol. The number of anilines is 2. The van der Waals surface area contributed by atoms with Crippen LogP contribution in [0.3, 0.4) is 0 Å². The summed E-state index contributed by atoms with van der Waals surface area (Å²) in [5, 5.41) is 20.6. The summed E-state index contributed by atoms with van der Waals surface area (Å²) in [7, 11) is 0. The minimum absolute atomic E-state index is 0.0513. The van der Waals surface area contributed by atoms with Gasteiger partial charge in [-0.25, -0.2) is 0 Å². The Labute approximate surface area is 198 Å². The van der Waals surface area contributed by atoms with Crippen LogP contribution in [0.1, 0.15) is 16.7 Å². The molecule has 34 heavy (non-hydrogen) atoms. The highest BCUT2D eigenvalue weighted by Gasteiger charge is 2.49. The van der Waals surface area contributed by atoms with Gasteiger partial charge in [0.2, 0.25) is 0 Å². The van der Waals surface area contributed by atoms with Gasteiger partial charge in [-0.05, 0) is 15.9 Å². The molecule has 0 atom stereocenters. The Kier molecular flexibility index (Phi) is 7.27. The molecule has 186 valence electrons. The zero-order chi connectivity index (χ0) is 26.5. The lowest BCUT2D eigenvalue weighted by atomic mass is 10.0. The number of nitrogens with zero attached hydrogens (tertiary/aromatic N) is 2. The lowest BCUT2D eigenvalue weighted by molar-refractivity contribution is -0.394. The van der Waals surface area contributed by atoms with E-state index < -0.39 is 82.3 Å². The van der Waals surface area contributed by atoms with Gasteiger partial charge >= 0.3 is 18.5 Å². The average Bonchev–Trinajstić information content (AvgIpc) is 2.64. The van der Waals surface area contributed by atoms with Crippen molar-refractivity contribution in [3.8, 4) is 0 Å². The molecule has 1 N–H and O–H groups in total. The number of nitro groups is 2. The maximum Gasteiger partial charge on any atom is 0.418 e. The second-order valence-electron chi connectivity index (χ2n) is 6.09. The molecule has 0 heterocycles. The highest BCUT2D eigenvalue weighted by molar-refractivity contribution is 9.10. The number of nitro benzene ring substituents is 2. The van der Waals surface area contributed by atoms with E-state index in [1.165, 1.54) is 0 Å². The number of nitrogens with one attached hydrogen (secondary N) is 1. The molecule has 0 saturated carbocycles. The average molecular weight is 611 g/mol. The molecule has 0 unspecified atom stereocenters. The molecule has 2 rings (SSSR count). The minimum Gasteiger partial charge on any atom is -0.347 e. The Morgan fingerprint density at radius 1 is 0.765 bits per heavy atom. The van der Waals surface area contributed by atoms with E-state index in [1.807, 2.05) is 0 Å². The summed E-state index contributed by atoms with van der Waals surface area (Å²) in [5.74, 6) is 0. The number of halogens is 12. The third-order valence-electron chi connectivity index (χ3n) is 3.95. The van der Waals surface area contributed by atoms with Crippen molar-refractivity contribution in [1.29, 1.82) is 0 Å². The van der Waals surface area contributed by atoms with E-state index in [1.54, 1.807) is 5.32 Å². The normalized spacial score (nSPS) is 12.6. The molecule has 0 fully saturated rings. The first kappa shape index (κ1) is 27.7. The monoisotopic (exact) mass is 609 g/mol.